The van der Waals surface area contributed by atoms with Gasteiger partial charge in [-0.1, -0.05) is 36.4 Å². The molecule has 3 heterocycles. The summed E-state index contributed by atoms with van der Waals surface area (Å²) in [6, 6.07) is 14.7. The first-order valence-corrected chi connectivity index (χ1v) is 8.95. The van der Waals surface area contributed by atoms with Gasteiger partial charge in [-0.3, -0.25) is 4.79 Å². The number of fused-ring (bicyclic) bond motifs is 4. The average Bonchev–Trinajstić information content (AvgIpc) is 3.28. The Labute approximate surface area is 160 Å². The van der Waals surface area contributed by atoms with E-state index in [0.717, 1.165) is 27.4 Å². The fourth-order valence-corrected chi connectivity index (χ4v) is 3.84. The minimum Gasteiger partial charge on any atom is -0.464 e. The molecule has 2 aromatic carbocycles. The Kier molecular flexibility index (Phi) is 3.58. The summed E-state index contributed by atoms with van der Waals surface area (Å²) in [5.41, 5.74) is 3.97. The van der Waals surface area contributed by atoms with Crippen LogP contribution in [0.3, 0.4) is 0 Å². The molecule has 0 fully saturated rings. The lowest BCUT2D eigenvalue weighted by Crippen LogP contribution is -2.30. The van der Waals surface area contributed by atoms with Crippen molar-refractivity contribution in [3.05, 3.63) is 77.2 Å². The van der Waals surface area contributed by atoms with Crippen LogP contribution in [0.15, 0.2) is 60.4 Å². The van der Waals surface area contributed by atoms with Crippen molar-refractivity contribution in [2.75, 3.05) is 7.11 Å². The molecule has 4 aromatic rings. The highest BCUT2D eigenvalue weighted by molar-refractivity contribution is 6.12. The molecule has 0 amide bonds. The standard InChI is InChI=1S/C22H17N3O3/c1-28-22(27)18-10-14-12-6-3-5-9-17(12)24-19(14)21(26)20(25-18)15-11-23-16-8-4-2-7-13(15)16/h2-11,20,23-25H,1H3. The van der Waals surface area contributed by atoms with Gasteiger partial charge in [0, 0.05) is 39.1 Å². The Bertz CT molecular complexity index is 1280. The molecule has 1 aliphatic heterocycles. The van der Waals surface area contributed by atoms with Gasteiger partial charge in [-0.05, 0) is 18.2 Å². The monoisotopic (exact) mass is 371 g/mol. The number of Topliss-reactive ketones (excluding diaryl/α,β-unsaturated/α-hetero) is 1. The normalized spacial score (nSPS) is 16.4. The lowest BCUT2D eigenvalue weighted by atomic mass is 9.99. The third kappa shape index (κ3) is 2.35. The van der Waals surface area contributed by atoms with Crippen molar-refractivity contribution in [2.45, 2.75) is 6.04 Å². The van der Waals surface area contributed by atoms with Crippen LogP contribution in [0.1, 0.15) is 27.7 Å². The number of carbonyl (C=O) groups is 2. The highest BCUT2D eigenvalue weighted by atomic mass is 16.5. The number of hydrogen-bond donors (Lipinski definition) is 3. The predicted octanol–water partition coefficient (Wildman–Crippen LogP) is 3.69. The van der Waals surface area contributed by atoms with Crippen LogP contribution >= 0.6 is 0 Å². The highest BCUT2D eigenvalue weighted by Crippen LogP contribution is 2.34. The van der Waals surface area contributed by atoms with Gasteiger partial charge in [-0.2, -0.15) is 0 Å². The summed E-state index contributed by atoms with van der Waals surface area (Å²) < 4.78 is 4.94. The van der Waals surface area contributed by atoms with Crippen molar-refractivity contribution >= 4 is 39.6 Å². The number of rotatable bonds is 2. The molecule has 1 aliphatic rings. The van der Waals surface area contributed by atoms with Crippen LogP contribution in [0.4, 0.5) is 0 Å². The fourth-order valence-electron chi connectivity index (χ4n) is 3.84. The van der Waals surface area contributed by atoms with Crippen LogP contribution in [0.25, 0.3) is 27.9 Å². The van der Waals surface area contributed by atoms with Crippen molar-refractivity contribution in [3.8, 4) is 0 Å². The third-order valence-electron chi connectivity index (χ3n) is 5.18. The molecule has 5 rings (SSSR count). The Balaban J connectivity index is 1.75. The molecule has 0 radical (unpaired) electrons. The zero-order chi connectivity index (χ0) is 19.3. The molecule has 0 aliphatic carbocycles. The van der Waals surface area contributed by atoms with E-state index in [1.165, 1.54) is 7.11 Å². The van der Waals surface area contributed by atoms with Crippen LogP contribution in [0.2, 0.25) is 0 Å². The molecule has 0 saturated carbocycles. The van der Waals surface area contributed by atoms with Crippen molar-refractivity contribution < 1.29 is 14.3 Å². The van der Waals surface area contributed by atoms with E-state index in [9.17, 15) is 9.59 Å². The molecule has 2 aromatic heterocycles. The van der Waals surface area contributed by atoms with E-state index in [1.807, 2.05) is 54.7 Å². The van der Waals surface area contributed by atoms with Crippen molar-refractivity contribution in [1.82, 2.24) is 15.3 Å². The van der Waals surface area contributed by atoms with Gasteiger partial charge in [-0.15, -0.1) is 0 Å². The summed E-state index contributed by atoms with van der Waals surface area (Å²) in [5.74, 6) is -0.651. The number of nitrogens with one attached hydrogen (secondary N) is 3. The van der Waals surface area contributed by atoms with E-state index in [2.05, 4.69) is 15.3 Å². The molecule has 28 heavy (non-hydrogen) atoms. The van der Waals surface area contributed by atoms with Gasteiger partial charge in [-0.25, -0.2) is 4.79 Å². The van der Waals surface area contributed by atoms with Crippen LogP contribution < -0.4 is 5.32 Å². The number of benzene rings is 2. The van der Waals surface area contributed by atoms with Crippen molar-refractivity contribution in [2.24, 2.45) is 0 Å². The van der Waals surface area contributed by atoms with E-state index >= 15 is 0 Å². The molecular weight excluding hydrogens is 354 g/mol. The van der Waals surface area contributed by atoms with E-state index in [4.69, 9.17) is 4.74 Å². The number of ether oxygens (including phenoxy) is 1. The fraction of sp³-hybridized carbons (Fsp3) is 0.0909. The summed E-state index contributed by atoms with van der Waals surface area (Å²) >= 11 is 0. The molecule has 0 bridgehead atoms. The van der Waals surface area contributed by atoms with Crippen molar-refractivity contribution in [3.63, 3.8) is 0 Å². The topological polar surface area (TPSA) is 87.0 Å². The smallest absolute Gasteiger partial charge is 0.354 e. The number of aromatic nitrogens is 2. The molecule has 0 spiro atoms. The van der Waals surface area contributed by atoms with Crippen LogP contribution in [-0.2, 0) is 9.53 Å². The van der Waals surface area contributed by atoms with Gasteiger partial charge in [0.05, 0.1) is 12.8 Å². The molecule has 3 N–H and O–H groups in total. The van der Waals surface area contributed by atoms with Crippen LogP contribution in [0.5, 0.6) is 0 Å². The second-order valence-corrected chi connectivity index (χ2v) is 6.74. The Hall–Kier alpha value is -3.80. The Morgan fingerprint density at radius 3 is 2.50 bits per heavy atom. The van der Waals surface area contributed by atoms with Gasteiger partial charge in [0.1, 0.15) is 11.7 Å². The molecule has 0 saturated heterocycles. The van der Waals surface area contributed by atoms with Gasteiger partial charge in [0.2, 0.25) is 5.78 Å². The summed E-state index contributed by atoms with van der Waals surface area (Å²) in [6.45, 7) is 0. The van der Waals surface area contributed by atoms with Gasteiger partial charge in [0.25, 0.3) is 0 Å². The maximum Gasteiger partial charge on any atom is 0.354 e. The molecule has 6 heteroatoms. The molecule has 1 atom stereocenters. The Morgan fingerprint density at radius 1 is 1.00 bits per heavy atom. The predicted molar refractivity (Wildman–Crippen MR) is 107 cm³/mol. The number of hydrogen-bond acceptors (Lipinski definition) is 4. The molecule has 1 unspecified atom stereocenters. The van der Waals surface area contributed by atoms with Crippen LogP contribution in [0, 0.1) is 0 Å². The molecule has 138 valence electrons. The molecule has 6 nitrogen and oxygen atoms in total. The summed E-state index contributed by atoms with van der Waals surface area (Å²) in [5, 5.41) is 4.92. The average molecular weight is 371 g/mol. The SMILES string of the molecule is COC(=O)C1=Cc2c([nH]c3ccccc23)C(=O)C(c2c[nH]c3ccccc23)N1. The minimum atomic E-state index is -0.726. The summed E-state index contributed by atoms with van der Waals surface area (Å²) in [6.07, 6.45) is 3.50. The van der Waals surface area contributed by atoms with Gasteiger partial charge >= 0.3 is 5.97 Å². The number of esters is 1. The lowest BCUT2D eigenvalue weighted by molar-refractivity contribution is -0.136. The first-order chi connectivity index (χ1) is 13.7. The molecular formula is C22H17N3O3. The van der Waals surface area contributed by atoms with E-state index in [-0.39, 0.29) is 11.5 Å². The van der Waals surface area contributed by atoms with Crippen molar-refractivity contribution in [1.29, 1.82) is 0 Å². The van der Waals surface area contributed by atoms with Gasteiger partial charge in [0.15, 0.2) is 0 Å². The Morgan fingerprint density at radius 2 is 1.71 bits per heavy atom. The number of H-pyrrole nitrogens is 2. The first-order valence-electron chi connectivity index (χ1n) is 8.95. The zero-order valence-corrected chi connectivity index (χ0v) is 15.1. The van der Waals surface area contributed by atoms with E-state index in [0.29, 0.717) is 11.3 Å². The largest absolute Gasteiger partial charge is 0.464 e. The number of carbonyl (C=O) groups excluding carboxylic acids is 2. The second kappa shape index (κ2) is 6.13. The number of aromatic amines is 2. The number of methoxy groups -OCH3 is 1. The third-order valence-corrected chi connectivity index (χ3v) is 5.18. The zero-order valence-electron chi connectivity index (χ0n) is 15.1. The van der Waals surface area contributed by atoms with Crippen LogP contribution in [-0.4, -0.2) is 28.8 Å². The number of ketones is 1. The van der Waals surface area contributed by atoms with Gasteiger partial charge < -0.3 is 20.0 Å². The minimum absolute atomic E-state index is 0.133. The second-order valence-electron chi connectivity index (χ2n) is 6.74. The maximum absolute atomic E-state index is 13.5. The lowest BCUT2D eigenvalue weighted by Gasteiger charge is -2.17. The summed E-state index contributed by atoms with van der Waals surface area (Å²) in [4.78, 5) is 32.3. The van der Waals surface area contributed by atoms with E-state index < -0.39 is 12.0 Å². The quantitative estimate of drug-likeness (QED) is 0.469. The van der Waals surface area contributed by atoms with E-state index in [1.54, 1.807) is 6.08 Å². The summed E-state index contributed by atoms with van der Waals surface area (Å²) in [7, 11) is 1.33. The maximum atomic E-state index is 13.5. The number of para-hydroxylation sites is 2. The first kappa shape index (κ1) is 16.4. The highest BCUT2D eigenvalue weighted by Gasteiger charge is 2.33.